The molecule has 0 N–H and O–H groups in total. The van der Waals surface area contributed by atoms with E-state index in [2.05, 4.69) is 25.8 Å². The fraction of sp³-hybridized carbons (Fsp3) is 0.565. The van der Waals surface area contributed by atoms with Gasteiger partial charge in [0.15, 0.2) is 11.6 Å². The smallest absolute Gasteiger partial charge is 0.180 e. The minimum Gasteiger partial charge on any atom is -0.485 e. The van der Waals surface area contributed by atoms with E-state index in [-0.39, 0.29) is 17.3 Å². The second-order valence-electron chi connectivity index (χ2n) is 9.44. The third-order valence-corrected chi connectivity index (χ3v) is 5.28. The summed E-state index contributed by atoms with van der Waals surface area (Å²) < 4.78 is 11.1. The lowest BCUT2D eigenvalue weighted by Gasteiger charge is -2.26. The van der Waals surface area contributed by atoms with Gasteiger partial charge in [-0.15, -0.1) is 0 Å². The van der Waals surface area contributed by atoms with Crippen LogP contribution in [0.15, 0.2) is 18.3 Å². The molecule has 1 aliphatic heterocycles. The highest BCUT2D eigenvalue weighted by Gasteiger charge is 2.25. The van der Waals surface area contributed by atoms with E-state index in [1.807, 2.05) is 24.1 Å². The number of likely N-dealkylation sites (N-methyl/N-ethyl adjacent to an activating group) is 1. The molecule has 0 amide bonds. The van der Waals surface area contributed by atoms with Crippen LogP contribution in [0.1, 0.15) is 44.9 Å². The highest BCUT2D eigenvalue weighted by molar-refractivity contribution is 5.84. The Balaban J connectivity index is 1.60. The zero-order valence-corrected chi connectivity index (χ0v) is 18.3. The summed E-state index contributed by atoms with van der Waals surface area (Å²) in [6.07, 6.45) is 5.29. The van der Waals surface area contributed by atoms with E-state index in [4.69, 9.17) is 19.4 Å². The largest absolute Gasteiger partial charge is 0.485 e. The number of Topliss-reactive ketones (excluding diaryl/α,β-unsaturated/α-hetero) is 1. The first-order chi connectivity index (χ1) is 14.3. The van der Waals surface area contributed by atoms with Gasteiger partial charge in [0.05, 0.1) is 19.8 Å². The summed E-state index contributed by atoms with van der Waals surface area (Å²) in [7, 11) is 1.94. The molecule has 0 aromatic carbocycles. The summed E-state index contributed by atoms with van der Waals surface area (Å²) in [6, 6.07) is 3.72. The molecule has 7 nitrogen and oxygen atoms in total. The first-order valence-corrected chi connectivity index (χ1v) is 10.6. The molecular formula is C23H30N4O3. The van der Waals surface area contributed by atoms with Crippen LogP contribution in [0.3, 0.4) is 0 Å². The molecule has 3 heterocycles. The Bertz CT molecular complexity index is 935. The number of rotatable bonds is 7. The van der Waals surface area contributed by atoms with Crippen molar-refractivity contribution >= 4 is 11.6 Å². The van der Waals surface area contributed by atoms with Crippen molar-refractivity contribution in [3.8, 4) is 17.3 Å². The summed E-state index contributed by atoms with van der Waals surface area (Å²) >= 11 is 0. The van der Waals surface area contributed by atoms with Crippen molar-refractivity contribution in [1.29, 1.82) is 0 Å². The number of pyridine rings is 1. The molecule has 1 saturated heterocycles. The number of ether oxygens (including phenoxy) is 2. The van der Waals surface area contributed by atoms with Crippen LogP contribution in [0.25, 0.3) is 11.5 Å². The normalized spacial score (nSPS) is 16.1. The van der Waals surface area contributed by atoms with Crippen LogP contribution in [-0.2, 0) is 22.4 Å². The topological polar surface area (TPSA) is 77.4 Å². The summed E-state index contributed by atoms with van der Waals surface area (Å²) in [5.41, 5.74) is 2.87. The van der Waals surface area contributed by atoms with Gasteiger partial charge in [-0.25, -0.2) is 9.97 Å². The fourth-order valence-corrected chi connectivity index (χ4v) is 3.91. The predicted molar refractivity (Wildman–Crippen MR) is 115 cm³/mol. The maximum atomic E-state index is 12.6. The molecule has 0 bridgehead atoms. The van der Waals surface area contributed by atoms with Gasteiger partial charge in [-0.1, -0.05) is 20.8 Å². The molecule has 1 aliphatic carbocycles. The lowest BCUT2D eigenvalue weighted by atomic mass is 9.90. The van der Waals surface area contributed by atoms with Gasteiger partial charge in [0.25, 0.3) is 0 Å². The fourth-order valence-electron chi connectivity index (χ4n) is 3.91. The van der Waals surface area contributed by atoms with Crippen molar-refractivity contribution in [3.05, 3.63) is 29.6 Å². The van der Waals surface area contributed by atoms with E-state index in [1.54, 1.807) is 6.20 Å². The number of carbonyl (C=O) groups excluding carboxylic acids is 1. The summed E-state index contributed by atoms with van der Waals surface area (Å²) in [5.74, 6) is 2.38. The summed E-state index contributed by atoms with van der Waals surface area (Å²) in [6.45, 7) is 7.83. The summed E-state index contributed by atoms with van der Waals surface area (Å²) in [4.78, 5) is 28.6. The van der Waals surface area contributed by atoms with Gasteiger partial charge in [0.1, 0.15) is 23.4 Å². The van der Waals surface area contributed by atoms with Gasteiger partial charge < -0.3 is 14.4 Å². The van der Waals surface area contributed by atoms with Crippen LogP contribution >= 0.6 is 0 Å². The SMILES string of the molecule is CN(CC(=O)CC(C)(C)C)c1nc(-c2cc(OC3COC3)ccn2)nc2c1CCC2. The van der Waals surface area contributed by atoms with Crippen LogP contribution < -0.4 is 9.64 Å². The zero-order chi connectivity index (χ0) is 21.3. The van der Waals surface area contributed by atoms with Gasteiger partial charge in [0, 0.05) is 37.0 Å². The van der Waals surface area contributed by atoms with Crippen LogP contribution in [0.4, 0.5) is 5.82 Å². The Morgan fingerprint density at radius 3 is 2.77 bits per heavy atom. The second kappa shape index (κ2) is 8.30. The van der Waals surface area contributed by atoms with Gasteiger partial charge in [0.2, 0.25) is 0 Å². The molecule has 0 spiro atoms. The van der Waals surface area contributed by atoms with E-state index in [9.17, 15) is 4.79 Å². The molecule has 30 heavy (non-hydrogen) atoms. The Morgan fingerprint density at radius 2 is 2.07 bits per heavy atom. The van der Waals surface area contributed by atoms with E-state index in [0.29, 0.717) is 37.7 Å². The molecule has 4 rings (SSSR count). The molecule has 1 fully saturated rings. The summed E-state index contributed by atoms with van der Waals surface area (Å²) in [5, 5.41) is 0. The number of hydrogen-bond donors (Lipinski definition) is 0. The lowest BCUT2D eigenvalue weighted by molar-refractivity contribution is -0.119. The second-order valence-corrected chi connectivity index (χ2v) is 9.44. The molecule has 160 valence electrons. The van der Waals surface area contributed by atoms with Crippen LogP contribution in [-0.4, -0.2) is 53.6 Å². The van der Waals surface area contributed by atoms with Crippen molar-refractivity contribution in [3.63, 3.8) is 0 Å². The van der Waals surface area contributed by atoms with E-state index in [1.165, 1.54) is 0 Å². The molecule has 0 atom stereocenters. The van der Waals surface area contributed by atoms with E-state index in [0.717, 1.165) is 42.1 Å². The lowest BCUT2D eigenvalue weighted by Crippen LogP contribution is -2.38. The first-order valence-electron chi connectivity index (χ1n) is 10.6. The number of nitrogens with zero attached hydrogens (tertiary/aromatic N) is 4. The van der Waals surface area contributed by atoms with Crippen molar-refractivity contribution in [2.45, 2.75) is 52.6 Å². The minimum atomic E-state index is -0.0213. The Morgan fingerprint density at radius 1 is 1.27 bits per heavy atom. The Kier molecular flexibility index (Phi) is 5.73. The Labute approximate surface area is 177 Å². The van der Waals surface area contributed by atoms with E-state index < -0.39 is 0 Å². The standard InChI is InChI=1S/C23H30N4O3/c1-23(2,3)11-15(28)12-27(4)22-18-6-5-7-19(18)25-21(26-22)20-10-16(8-9-24-20)30-17-13-29-14-17/h8-10,17H,5-7,11-14H2,1-4H3. The first kappa shape index (κ1) is 20.7. The molecule has 0 saturated carbocycles. The third kappa shape index (κ3) is 4.78. The number of hydrogen-bond acceptors (Lipinski definition) is 7. The van der Waals surface area contributed by atoms with Crippen LogP contribution in [0.2, 0.25) is 0 Å². The number of anilines is 1. The Hall–Kier alpha value is -2.54. The molecule has 7 heteroatoms. The van der Waals surface area contributed by atoms with Crippen LogP contribution in [0, 0.1) is 5.41 Å². The molecule has 0 radical (unpaired) electrons. The highest BCUT2D eigenvalue weighted by Crippen LogP contribution is 2.31. The van der Waals surface area contributed by atoms with E-state index >= 15 is 0 Å². The molecule has 0 unspecified atom stereocenters. The average molecular weight is 411 g/mol. The number of aromatic nitrogens is 3. The number of fused-ring (bicyclic) bond motifs is 1. The number of carbonyl (C=O) groups is 1. The van der Waals surface area contributed by atoms with Gasteiger partial charge in [-0.3, -0.25) is 9.78 Å². The van der Waals surface area contributed by atoms with Crippen LogP contribution in [0.5, 0.6) is 5.75 Å². The van der Waals surface area contributed by atoms with Crippen molar-refractivity contribution in [1.82, 2.24) is 15.0 Å². The van der Waals surface area contributed by atoms with Crippen molar-refractivity contribution in [2.24, 2.45) is 5.41 Å². The predicted octanol–water partition coefficient (Wildman–Crippen LogP) is 3.25. The maximum absolute atomic E-state index is 12.6. The van der Waals surface area contributed by atoms with Gasteiger partial charge in [-0.05, 0) is 30.7 Å². The van der Waals surface area contributed by atoms with Gasteiger partial charge in [-0.2, -0.15) is 0 Å². The maximum Gasteiger partial charge on any atom is 0.180 e. The molecular weight excluding hydrogens is 380 g/mol. The number of aryl methyl sites for hydroxylation is 1. The van der Waals surface area contributed by atoms with Gasteiger partial charge >= 0.3 is 0 Å². The molecule has 2 aromatic heterocycles. The number of ketones is 1. The monoisotopic (exact) mass is 410 g/mol. The zero-order valence-electron chi connectivity index (χ0n) is 18.3. The minimum absolute atomic E-state index is 0.0213. The average Bonchev–Trinajstić information content (AvgIpc) is 3.11. The molecule has 2 aromatic rings. The highest BCUT2D eigenvalue weighted by atomic mass is 16.6. The quantitative estimate of drug-likeness (QED) is 0.693. The molecule has 2 aliphatic rings. The van der Waals surface area contributed by atoms with Crippen molar-refractivity contribution in [2.75, 3.05) is 31.7 Å². The third-order valence-electron chi connectivity index (χ3n) is 5.28. The van der Waals surface area contributed by atoms with Crippen molar-refractivity contribution < 1.29 is 14.3 Å².